The number of nitrogens with one attached hydrogen (secondary N) is 1. The van der Waals surface area contributed by atoms with E-state index >= 15 is 0 Å². The van der Waals surface area contributed by atoms with Crippen LogP contribution < -0.4 is 11.1 Å². The highest BCUT2D eigenvalue weighted by molar-refractivity contribution is 6.00. The maximum Gasteiger partial charge on any atom is 0.253 e. The zero-order valence-corrected chi connectivity index (χ0v) is 10.9. The molecular weight excluding hydrogens is 228 g/mol. The first-order valence-corrected chi connectivity index (χ1v) is 6.39. The molecule has 1 fully saturated rings. The van der Waals surface area contributed by atoms with Crippen LogP contribution in [0.4, 0.5) is 5.69 Å². The smallest absolute Gasteiger partial charge is 0.253 e. The van der Waals surface area contributed by atoms with Gasteiger partial charge in [0.05, 0.1) is 11.7 Å². The van der Waals surface area contributed by atoms with Crippen molar-refractivity contribution < 1.29 is 9.53 Å². The Labute approximate surface area is 108 Å². The quantitative estimate of drug-likeness (QED) is 0.800. The Morgan fingerprint density at radius 3 is 2.83 bits per heavy atom. The highest BCUT2D eigenvalue weighted by Crippen LogP contribution is 2.24. The van der Waals surface area contributed by atoms with Gasteiger partial charge in [-0.25, -0.2) is 0 Å². The average Bonchev–Trinajstić information content (AvgIpc) is 2.26. The van der Waals surface area contributed by atoms with E-state index in [1.807, 2.05) is 26.0 Å². The first-order chi connectivity index (χ1) is 8.61. The highest BCUT2D eigenvalue weighted by Gasteiger charge is 2.31. The van der Waals surface area contributed by atoms with Crippen LogP contribution in [0.1, 0.15) is 35.7 Å². The summed E-state index contributed by atoms with van der Waals surface area (Å²) in [7, 11) is 0. The van der Waals surface area contributed by atoms with Gasteiger partial charge in [0.25, 0.3) is 5.91 Å². The summed E-state index contributed by atoms with van der Waals surface area (Å²) < 4.78 is 5.47. The summed E-state index contributed by atoms with van der Waals surface area (Å²) in [5, 5.41) is 3.00. The minimum atomic E-state index is -0.0782. The summed E-state index contributed by atoms with van der Waals surface area (Å²) in [6.07, 6.45) is 2.09. The molecule has 4 heteroatoms. The number of nitrogen functional groups attached to an aromatic ring is 1. The van der Waals surface area contributed by atoms with Crippen LogP contribution in [-0.4, -0.2) is 24.7 Å². The van der Waals surface area contributed by atoms with E-state index in [0.717, 1.165) is 25.0 Å². The second kappa shape index (κ2) is 5.40. The van der Waals surface area contributed by atoms with Gasteiger partial charge in [-0.1, -0.05) is 12.1 Å². The third-order valence-corrected chi connectivity index (χ3v) is 3.36. The van der Waals surface area contributed by atoms with Crippen molar-refractivity contribution in [3.63, 3.8) is 0 Å². The van der Waals surface area contributed by atoms with E-state index < -0.39 is 0 Å². The lowest BCUT2D eigenvalue weighted by atomic mass is 9.89. The molecular formula is C14H20N2O2. The van der Waals surface area contributed by atoms with Crippen LogP contribution in [0.25, 0.3) is 0 Å². The molecule has 3 N–H and O–H groups in total. The molecule has 0 bridgehead atoms. The van der Waals surface area contributed by atoms with Crippen LogP contribution >= 0.6 is 0 Å². The van der Waals surface area contributed by atoms with Gasteiger partial charge in [-0.15, -0.1) is 0 Å². The van der Waals surface area contributed by atoms with Gasteiger partial charge in [0, 0.05) is 18.3 Å². The van der Waals surface area contributed by atoms with E-state index in [-0.39, 0.29) is 11.9 Å². The molecule has 0 atom stereocenters. The third-order valence-electron chi connectivity index (χ3n) is 3.36. The standard InChI is InChI=1S/C14H20N2O2/c1-3-18-11-7-10(8-11)16-14(17)13-9(2)5-4-6-12(13)15/h4-6,10-11H,3,7-8,15H2,1-2H3,(H,16,17). The highest BCUT2D eigenvalue weighted by atomic mass is 16.5. The maximum absolute atomic E-state index is 12.1. The van der Waals surface area contributed by atoms with Crippen molar-refractivity contribution in [2.45, 2.75) is 38.8 Å². The molecule has 1 aromatic carbocycles. The maximum atomic E-state index is 12.1. The number of rotatable bonds is 4. The van der Waals surface area contributed by atoms with Crippen LogP contribution in [-0.2, 0) is 4.74 Å². The number of carbonyl (C=O) groups is 1. The third kappa shape index (κ3) is 2.64. The van der Waals surface area contributed by atoms with Gasteiger partial charge in [0.2, 0.25) is 0 Å². The topological polar surface area (TPSA) is 64.3 Å². The Morgan fingerprint density at radius 2 is 2.22 bits per heavy atom. The zero-order valence-electron chi connectivity index (χ0n) is 10.9. The fraction of sp³-hybridized carbons (Fsp3) is 0.500. The first-order valence-electron chi connectivity index (χ1n) is 6.39. The summed E-state index contributed by atoms with van der Waals surface area (Å²) in [5.41, 5.74) is 7.89. The summed E-state index contributed by atoms with van der Waals surface area (Å²) in [5.74, 6) is -0.0782. The van der Waals surface area contributed by atoms with Crippen LogP contribution in [0.3, 0.4) is 0 Å². The number of carbonyl (C=O) groups excluding carboxylic acids is 1. The van der Waals surface area contributed by atoms with E-state index in [0.29, 0.717) is 17.4 Å². The number of anilines is 1. The number of benzene rings is 1. The summed E-state index contributed by atoms with van der Waals surface area (Å²) in [6.45, 7) is 4.62. The lowest BCUT2D eigenvalue weighted by molar-refractivity contribution is -0.00862. The molecule has 1 amide bonds. The van der Waals surface area contributed by atoms with E-state index in [2.05, 4.69) is 5.32 Å². The molecule has 0 aliphatic heterocycles. The molecule has 0 saturated heterocycles. The monoisotopic (exact) mass is 248 g/mol. The summed E-state index contributed by atoms with van der Waals surface area (Å²) >= 11 is 0. The van der Waals surface area contributed by atoms with Crippen molar-refractivity contribution in [3.05, 3.63) is 29.3 Å². The number of ether oxygens (including phenoxy) is 1. The Kier molecular flexibility index (Phi) is 3.87. The molecule has 2 rings (SSSR count). The Morgan fingerprint density at radius 1 is 1.50 bits per heavy atom. The molecule has 1 aromatic rings. The number of amides is 1. The number of aryl methyl sites for hydroxylation is 1. The van der Waals surface area contributed by atoms with Crippen LogP contribution in [0.2, 0.25) is 0 Å². The van der Waals surface area contributed by atoms with E-state index in [1.54, 1.807) is 6.07 Å². The van der Waals surface area contributed by atoms with Crippen LogP contribution in [0.15, 0.2) is 18.2 Å². The van der Waals surface area contributed by atoms with Gasteiger partial charge < -0.3 is 15.8 Å². The zero-order chi connectivity index (χ0) is 13.1. The largest absolute Gasteiger partial charge is 0.398 e. The number of hydrogen-bond donors (Lipinski definition) is 2. The number of nitrogens with two attached hydrogens (primary N) is 1. The summed E-state index contributed by atoms with van der Waals surface area (Å²) in [4.78, 5) is 12.1. The average molecular weight is 248 g/mol. The molecule has 0 heterocycles. The molecule has 4 nitrogen and oxygen atoms in total. The normalized spacial score (nSPS) is 22.3. The Hall–Kier alpha value is -1.55. The molecule has 18 heavy (non-hydrogen) atoms. The van der Waals surface area contributed by atoms with Crippen molar-refractivity contribution in [1.82, 2.24) is 5.32 Å². The van der Waals surface area contributed by atoms with Crippen molar-refractivity contribution in [2.75, 3.05) is 12.3 Å². The molecule has 0 aromatic heterocycles. The minimum absolute atomic E-state index is 0.0782. The van der Waals surface area contributed by atoms with E-state index in [9.17, 15) is 4.79 Å². The second-order valence-electron chi connectivity index (χ2n) is 4.76. The lowest BCUT2D eigenvalue weighted by Gasteiger charge is -2.35. The van der Waals surface area contributed by atoms with Crippen LogP contribution in [0, 0.1) is 6.92 Å². The molecule has 0 unspecified atom stereocenters. The van der Waals surface area contributed by atoms with Crippen molar-refractivity contribution in [1.29, 1.82) is 0 Å². The van der Waals surface area contributed by atoms with Gasteiger partial charge >= 0.3 is 0 Å². The molecule has 0 radical (unpaired) electrons. The fourth-order valence-electron chi connectivity index (χ4n) is 2.31. The summed E-state index contributed by atoms with van der Waals surface area (Å²) in [6, 6.07) is 5.73. The van der Waals surface area contributed by atoms with Gasteiger partial charge in [-0.2, -0.15) is 0 Å². The molecule has 1 saturated carbocycles. The van der Waals surface area contributed by atoms with Crippen molar-refractivity contribution in [2.24, 2.45) is 0 Å². The van der Waals surface area contributed by atoms with Crippen LogP contribution in [0.5, 0.6) is 0 Å². The van der Waals surface area contributed by atoms with Gasteiger partial charge in [0.1, 0.15) is 0 Å². The van der Waals surface area contributed by atoms with Gasteiger partial charge in [0.15, 0.2) is 0 Å². The Bertz CT molecular complexity index is 419. The molecule has 1 aliphatic carbocycles. The van der Waals surface area contributed by atoms with Gasteiger partial charge in [-0.05, 0) is 38.3 Å². The SMILES string of the molecule is CCOC1CC(NC(=O)c2c(C)cccc2N)C1. The van der Waals surface area contributed by atoms with E-state index in [1.165, 1.54) is 0 Å². The Balaban J connectivity index is 1.93. The van der Waals surface area contributed by atoms with E-state index in [4.69, 9.17) is 10.5 Å². The van der Waals surface area contributed by atoms with Gasteiger partial charge in [-0.3, -0.25) is 4.79 Å². The predicted molar refractivity (Wildman–Crippen MR) is 71.5 cm³/mol. The first kappa shape index (κ1) is 12.9. The predicted octanol–water partition coefficient (Wildman–Crippen LogP) is 1.87. The second-order valence-corrected chi connectivity index (χ2v) is 4.76. The minimum Gasteiger partial charge on any atom is -0.398 e. The fourth-order valence-corrected chi connectivity index (χ4v) is 2.31. The van der Waals surface area contributed by atoms with Crippen molar-refractivity contribution >= 4 is 11.6 Å². The van der Waals surface area contributed by atoms with Crippen molar-refractivity contribution in [3.8, 4) is 0 Å². The molecule has 0 spiro atoms. The lowest BCUT2D eigenvalue weighted by Crippen LogP contribution is -2.48. The molecule has 98 valence electrons. The number of hydrogen-bond acceptors (Lipinski definition) is 3. The molecule has 1 aliphatic rings.